The molecule has 0 aromatic heterocycles. The summed E-state index contributed by atoms with van der Waals surface area (Å²) in [6.45, 7) is 0. The van der Waals surface area contributed by atoms with Gasteiger partial charge in [-0.05, 0) is 232 Å². The fourth-order valence-electron chi connectivity index (χ4n) is 15.4. The van der Waals surface area contributed by atoms with Crippen molar-refractivity contribution < 1.29 is 0 Å². The van der Waals surface area contributed by atoms with Gasteiger partial charge in [-0.3, -0.25) is 0 Å². The van der Waals surface area contributed by atoms with Gasteiger partial charge < -0.3 is 0 Å². The first-order chi connectivity index (χ1) is 44.6. The molecule has 90 heavy (non-hydrogen) atoms. The predicted octanol–water partition coefficient (Wildman–Crippen LogP) is 25.5. The third kappa shape index (κ3) is 7.88. The van der Waals surface area contributed by atoms with Gasteiger partial charge in [-0.15, -0.1) is 0 Å². The zero-order chi connectivity index (χ0) is 59.0. The van der Waals surface area contributed by atoms with Gasteiger partial charge in [0.05, 0.1) is 0 Å². The lowest BCUT2D eigenvalue weighted by atomic mass is 9.73. The highest BCUT2D eigenvalue weighted by Crippen LogP contribution is 2.58. The highest BCUT2D eigenvalue weighted by molar-refractivity contribution is 6.23. The maximum absolute atomic E-state index is 2.52. The summed E-state index contributed by atoms with van der Waals surface area (Å²) in [5.74, 6) is 0. The van der Waals surface area contributed by atoms with Crippen LogP contribution in [-0.2, 0) is 0 Å². The number of hydrogen-bond donors (Lipinski definition) is 0. The van der Waals surface area contributed by atoms with Crippen LogP contribution in [0.4, 0.5) is 0 Å². The van der Waals surface area contributed by atoms with E-state index in [9.17, 15) is 0 Å². The molecule has 0 spiro atoms. The normalized spacial score (nSPS) is 12.0. The van der Waals surface area contributed by atoms with E-state index in [-0.39, 0.29) is 0 Å². The number of fused-ring (bicyclic) bond motifs is 18. The zero-order valence-electron chi connectivity index (χ0n) is 49.2. The molecule has 0 aliphatic carbocycles. The first kappa shape index (κ1) is 50.5. The molecule has 19 rings (SSSR count). The largest absolute Gasteiger partial charge is 0.0616 e. The SMILES string of the molecule is c1ccc2c(c1)ccc1ccc(-c3c(-c4ccc5ccc6ccccc6c5c4)c(-c4ccc5ccc6ccccc6c5c4)c(-c4ccc5ccc6ccccc6c5c4)c(-c4ccc5ccc6ccccc6c5c4)c3-c3ccc4ccc5ccccc5c4c3)cc12. The van der Waals surface area contributed by atoms with Crippen LogP contribution in [0.5, 0.6) is 0 Å². The summed E-state index contributed by atoms with van der Waals surface area (Å²) >= 11 is 0. The summed E-state index contributed by atoms with van der Waals surface area (Å²) < 4.78 is 0. The summed E-state index contributed by atoms with van der Waals surface area (Å²) in [6, 6.07) is 125. The lowest BCUT2D eigenvalue weighted by molar-refractivity contribution is 1.54. The number of hydrogen-bond acceptors (Lipinski definition) is 0. The highest BCUT2D eigenvalue weighted by Gasteiger charge is 2.31. The summed E-state index contributed by atoms with van der Waals surface area (Å²) in [5, 5.41) is 29.3. The zero-order valence-corrected chi connectivity index (χ0v) is 49.2. The molecule has 0 N–H and O–H groups in total. The Morgan fingerprint density at radius 3 is 0.378 bits per heavy atom. The van der Waals surface area contributed by atoms with Crippen molar-refractivity contribution in [2.75, 3.05) is 0 Å². The molecule has 0 amide bonds. The second kappa shape index (κ2) is 19.9. The molecule has 0 aliphatic rings. The van der Waals surface area contributed by atoms with Gasteiger partial charge >= 0.3 is 0 Å². The van der Waals surface area contributed by atoms with Crippen molar-refractivity contribution in [3.8, 4) is 66.8 Å². The molecular formula is C90H54. The molecule has 0 saturated heterocycles. The average Bonchev–Trinajstić information content (AvgIpc) is 0.777. The molecule has 0 nitrogen and oxygen atoms in total. The lowest BCUT2D eigenvalue weighted by Gasteiger charge is -2.30. The van der Waals surface area contributed by atoms with E-state index in [1.54, 1.807) is 0 Å². The van der Waals surface area contributed by atoms with Crippen LogP contribution in [0, 0.1) is 0 Å². The molecule has 19 aromatic carbocycles. The van der Waals surface area contributed by atoms with Crippen LogP contribution >= 0.6 is 0 Å². The van der Waals surface area contributed by atoms with Gasteiger partial charge in [-0.2, -0.15) is 0 Å². The van der Waals surface area contributed by atoms with Gasteiger partial charge in [0.15, 0.2) is 0 Å². The van der Waals surface area contributed by atoms with Crippen molar-refractivity contribution in [3.05, 3.63) is 328 Å². The summed E-state index contributed by atoms with van der Waals surface area (Å²) in [6.07, 6.45) is 0. The van der Waals surface area contributed by atoms with E-state index in [1.807, 2.05) is 0 Å². The van der Waals surface area contributed by atoms with Crippen molar-refractivity contribution in [1.82, 2.24) is 0 Å². The van der Waals surface area contributed by atoms with E-state index in [2.05, 4.69) is 328 Å². The van der Waals surface area contributed by atoms with Crippen molar-refractivity contribution in [2.24, 2.45) is 0 Å². The summed E-state index contributed by atoms with van der Waals surface area (Å²) in [4.78, 5) is 0. The van der Waals surface area contributed by atoms with E-state index >= 15 is 0 Å². The predicted molar refractivity (Wildman–Crippen MR) is 389 cm³/mol. The van der Waals surface area contributed by atoms with Crippen LogP contribution in [0.2, 0.25) is 0 Å². The fraction of sp³-hybridized carbons (Fsp3) is 0. The lowest BCUT2D eigenvalue weighted by Crippen LogP contribution is -2.03. The second-order valence-electron chi connectivity index (χ2n) is 24.6. The summed E-state index contributed by atoms with van der Waals surface area (Å²) in [5.41, 5.74) is 14.0. The molecule has 19 aromatic rings. The molecule has 0 heterocycles. The quantitative estimate of drug-likeness (QED) is 0.146. The van der Waals surface area contributed by atoms with Gasteiger partial charge in [0, 0.05) is 0 Å². The van der Waals surface area contributed by atoms with Gasteiger partial charge in [0.1, 0.15) is 0 Å². The van der Waals surface area contributed by atoms with E-state index in [1.165, 1.54) is 163 Å². The first-order valence-electron chi connectivity index (χ1n) is 31.4. The molecule has 0 atom stereocenters. The Bertz CT molecular complexity index is 5270. The van der Waals surface area contributed by atoms with Gasteiger partial charge in [-0.1, -0.05) is 291 Å². The van der Waals surface area contributed by atoms with E-state index in [0.29, 0.717) is 0 Å². The fourth-order valence-corrected chi connectivity index (χ4v) is 15.4. The molecule has 0 fully saturated rings. The minimum absolute atomic E-state index is 1.15. The monoisotopic (exact) mass is 1130 g/mol. The van der Waals surface area contributed by atoms with Crippen LogP contribution < -0.4 is 0 Å². The minimum Gasteiger partial charge on any atom is -0.0616 e. The van der Waals surface area contributed by atoms with Gasteiger partial charge in [0.2, 0.25) is 0 Å². The van der Waals surface area contributed by atoms with E-state index < -0.39 is 0 Å². The number of benzene rings is 19. The van der Waals surface area contributed by atoms with E-state index in [0.717, 1.165) is 33.4 Å². The molecule has 0 heteroatoms. The Morgan fingerprint density at radius 2 is 0.222 bits per heavy atom. The van der Waals surface area contributed by atoms with E-state index in [4.69, 9.17) is 0 Å². The van der Waals surface area contributed by atoms with Gasteiger partial charge in [0.25, 0.3) is 0 Å². The Balaban J connectivity index is 1.10. The molecular weight excluding hydrogens is 1080 g/mol. The third-order valence-corrected chi connectivity index (χ3v) is 19.7. The highest BCUT2D eigenvalue weighted by atomic mass is 14.3. The second-order valence-corrected chi connectivity index (χ2v) is 24.6. The van der Waals surface area contributed by atoms with Gasteiger partial charge in [-0.25, -0.2) is 0 Å². The molecule has 0 saturated carbocycles. The van der Waals surface area contributed by atoms with Crippen LogP contribution in [-0.4, -0.2) is 0 Å². The minimum atomic E-state index is 1.15. The van der Waals surface area contributed by atoms with Crippen molar-refractivity contribution in [3.63, 3.8) is 0 Å². The maximum atomic E-state index is 2.52. The number of rotatable bonds is 6. The molecule has 0 radical (unpaired) electrons. The Labute approximate surface area is 520 Å². The van der Waals surface area contributed by atoms with Crippen LogP contribution in [0.3, 0.4) is 0 Å². The van der Waals surface area contributed by atoms with Crippen molar-refractivity contribution >= 4 is 129 Å². The molecule has 0 aliphatic heterocycles. The summed E-state index contributed by atoms with van der Waals surface area (Å²) in [7, 11) is 0. The van der Waals surface area contributed by atoms with Crippen LogP contribution in [0.15, 0.2) is 328 Å². The Hall–Kier alpha value is -11.7. The standard InChI is InChI=1S/C90H54/c1-7-19-73-55(13-1)25-31-61-37-43-67(49-79(61)73)85-86(68-44-38-62-32-26-56-14-2-8-20-74(56)80(62)50-68)88(70-46-40-64-34-28-58-16-4-10-22-76(58)82(64)52-70)90(72-48-42-66-36-30-60-18-6-12-24-78(60)84(66)54-72)89(71-47-41-65-35-29-59-17-5-11-23-77(59)83(65)53-71)87(85)69-45-39-63-33-27-57-15-3-9-21-75(57)81(63)51-69/h1-54H. The Morgan fingerprint density at radius 1 is 0.100 bits per heavy atom. The van der Waals surface area contributed by atoms with Crippen LogP contribution in [0.1, 0.15) is 0 Å². The Kier molecular flexibility index (Phi) is 11.2. The maximum Gasteiger partial charge on any atom is -0.00136 e. The molecule has 414 valence electrons. The van der Waals surface area contributed by atoms with Crippen molar-refractivity contribution in [2.45, 2.75) is 0 Å². The topological polar surface area (TPSA) is 0 Å². The first-order valence-corrected chi connectivity index (χ1v) is 31.4. The van der Waals surface area contributed by atoms with Crippen molar-refractivity contribution in [1.29, 1.82) is 0 Å². The third-order valence-electron chi connectivity index (χ3n) is 19.7. The average molecular weight is 1140 g/mol. The smallest absolute Gasteiger partial charge is 0.00136 e. The molecule has 0 bridgehead atoms. The molecule has 0 unspecified atom stereocenters. The van der Waals surface area contributed by atoms with Crippen LogP contribution in [0.25, 0.3) is 196 Å².